The van der Waals surface area contributed by atoms with Gasteiger partial charge in [0.2, 0.25) is 0 Å². The van der Waals surface area contributed by atoms with Gasteiger partial charge in [-0.1, -0.05) is 42.5 Å². The number of nitriles is 1. The zero-order valence-electron chi connectivity index (χ0n) is 20.3. The average molecular weight is 476 g/mol. The van der Waals surface area contributed by atoms with Crippen molar-refractivity contribution in [1.82, 2.24) is 14.7 Å². The van der Waals surface area contributed by atoms with E-state index in [0.29, 0.717) is 22.5 Å². The van der Waals surface area contributed by atoms with Crippen molar-refractivity contribution in [1.29, 1.82) is 5.26 Å². The van der Waals surface area contributed by atoms with Crippen LogP contribution in [0.25, 0.3) is 23.0 Å². The first-order chi connectivity index (χ1) is 17.4. The molecule has 3 aromatic carbocycles. The first-order valence-electron chi connectivity index (χ1n) is 11.3. The molecule has 2 amide bonds. The van der Waals surface area contributed by atoms with E-state index in [0.717, 1.165) is 16.8 Å². The summed E-state index contributed by atoms with van der Waals surface area (Å²) in [4.78, 5) is 26.5. The van der Waals surface area contributed by atoms with Crippen LogP contribution in [0.4, 0.5) is 5.69 Å². The number of benzene rings is 3. The number of carbonyl (C=O) groups excluding carboxylic acids is 2. The van der Waals surface area contributed by atoms with Crippen molar-refractivity contribution in [3.05, 3.63) is 107 Å². The van der Waals surface area contributed by atoms with E-state index >= 15 is 0 Å². The second kappa shape index (κ2) is 10.5. The Bertz CT molecular complexity index is 1480. The summed E-state index contributed by atoms with van der Waals surface area (Å²) in [5, 5.41) is 17.3. The number of aryl methyl sites for hydroxylation is 1. The van der Waals surface area contributed by atoms with Gasteiger partial charge < -0.3 is 10.2 Å². The number of nitrogens with one attached hydrogen (secondary N) is 1. The summed E-state index contributed by atoms with van der Waals surface area (Å²) in [6.45, 7) is 1.99. The number of rotatable bonds is 6. The molecule has 4 aromatic rings. The molecule has 0 aliphatic carbocycles. The van der Waals surface area contributed by atoms with Crippen LogP contribution in [-0.4, -0.2) is 40.6 Å². The molecule has 36 heavy (non-hydrogen) atoms. The van der Waals surface area contributed by atoms with Gasteiger partial charge in [-0.15, -0.1) is 0 Å². The van der Waals surface area contributed by atoms with Gasteiger partial charge in [0.25, 0.3) is 11.8 Å². The zero-order chi connectivity index (χ0) is 25.7. The molecule has 0 radical (unpaired) electrons. The highest BCUT2D eigenvalue weighted by atomic mass is 16.2. The molecule has 1 heterocycles. The molecule has 0 aliphatic heterocycles. The SMILES string of the molecule is Cc1ccccc1-c1nn(-c2ccccc2)cc1/C=C(/C#N)C(=O)Nc1ccc(C(=O)N(C)C)cc1. The summed E-state index contributed by atoms with van der Waals surface area (Å²) in [5.74, 6) is -0.683. The Hall–Kier alpha value is -4.96. The predicted octanol–water partition coefficient (Wildman–Crippen LogP) is 5.10. The van der Waals surface area contributed by atoms with E-state index in [4.69, 9.17) is 5.10 Å². The maximum Gasteiger partial charge on any atom is 0.266 e. The molecule has 0 unspecified atom stereocenters. The van der Waals surface area contributed by atoms with Gasteiger partial charge in [-0.2, -0.15) is 10.4 Å². The van der Waals surface area contributed by atoms with Crippen LogP contribution >= 0.6 is 0 Å². The Labute approximate surface area is 209 Å². The summed E-state index contributed by atoms with van der Waals surface area (Å²) >= 11 is 0. The van der Waals surface area contributed by atoms with Crippen molar-refractivity contribution in [3.63, 3.8) is 0 Å². The second-order valence-electron chi connectivity index (χ2n) is 8.43. The molecule has 0 spiro atoms. The molecular weight excluding hydrogens is 450 g/mol. The highest BCUT2D eigenvalue weighted by Gasteiger charge is 2.17. The lowest BCUT2D eigenvalue weighted by Crippen LogP contribution is -2.21. The highest BCUT2D eigenvalue weighted by molar-refractivity contribution is 6.10. The molecule has 0 bridgehead atoms. The quantitative estimate of drug-likeness (QED) is 0.310. The predicted molar refractivity (Wildman–Crippen MR) is 140 cm³/mol. The Morgan fingerprint density at radius 1 is 0.972 bits per heavy atom. The molecule has 7 heteroatoms. The van der Waals surface area contributed by atoms with Crippen LogP contribution in [0.5, 0.6) is 0 Å². The molecule has 1 aromatic heterocycles. The number of anilines is 1. The van der Waals surface area contributed by atoms with Gasteiger partial charge in [-0.25, -0.2) is 4.68 Å². The van der Waals surface area contributed by atoms with Gasteiger partial charge in [-0.3, -0.25) is 9.59 Å². The molecule has 7 nitrogen and oxygen atoms in total. The van der Waals surface area contributed by atoms with Gasteiger partial charge in [0, 0.05) is 42.7 Å². The Kier molecular flexibility index (Phi) is 7.07. The summed E-state index contributed by atoms with van der Waals surface area (Å²) in [6, 6.07) is 26.0. The van der Waals surface area contributed by atoms with E-state index < -0.39 is 5.91 Å². The van der Waals surface area contributed by atoms with E-state index in [9.17, 15) is 14.9 Å². The number of amides is 2. The minimum Gasteiger partial charge on any atom is -0.345 e. The van der Waals surface area contributed by atoms with Crippen LogP contribution in [0.1, 0.15) is 21.5 Å². The van der Waals surface area contributed by atoms with Crippen LogP contribution < -0.4 is 5.32 Å². The first kappa shape index (κ1) is 24.2. The molecule has 0 fully saturated rings. The molecule has 4 rings (SSSR count). The van der Waals surface area contributed by atoms with Crippen molar-refractivity contribution in [2.75, 3.05) is 19.4 Å². The van der Waals surface area contributed by atoms with Crippen molar-refractivity contribution >= 4 is 23.6 Å². The maximum absolute atomic E-state index is 13.0. The van der Waals surface area contributed by atoms with E-state index in [-0.39, 0.29) is 11.5 Å². The number of carbonyl (C=O) groups is 2. The van der Waals surface area contributed by atoms with Crippen LogP contribution in [0.15, 0.2) is 90.6 Å². The van der Waals surface area contributed by atoms with Gasteiger partial charge in [-0.05, 0) is 55.0 Å². The summed E-state index contributed by atoms with van der Waals surface area (Å²) in [6.07, 6.45) is 3.36. The fourth-order valence-corrected chi connectivity index (χ4v) is 3.71. The smallest absolute Gasteiger partial charge is 0.266 e. The average Bonchev–Trinajstić information content (AvgIpc) is 3.31. The normalized spacial score (nSPS) is 11.0. The summed E-state index contributed by atoms with van der Waals surface area (Å²) in [7, 11) is 3.35. The van der Waals surface area contributed by atoms with E-state index in [1.165, 1.54) is 4.90 Å². The molecule has 0 saturated carbocycles. The van der Waals surface area contributed by atoms with Crippen molar-refractivity contribution < 1.29 is 9.59 Å². The Morgan fingerprint density at radius 2 is 1.64 bits per heavy atom. The van der Waals surface area contributed by atoms with E-state index in [1.807, 2.05) is 73.8 Å². The standard InChI is InChI=1S/C29H25N5O2/c1-20-9-7-8-12-26(20)27-23(19-34(32-27)25-10-5-4-6-11-25)17-22(18-30)28(35)31-24-15-13-21(14-16-24)29(36)33(2)3/h4-17,19H,1-3H3,(H,31,35)/b22-17-. The first-order valence-corrected chi connectivity index (χ1v) is 11.3. The Balaban J connectivity index is 1.68. The fraction of sp³-hybridized carbons (Fsp3) is 0.103. The van der Waals surface area contributed by atoms with Crippen LogP contribution in [-0.2, 0) is 4.79 Å². The zero-order valence-corrected chi connectivity index (χ0v) is 20.3. The van der Waals surface area contributed by atoms with Gasteiger partial charge in [0.15, 0.2) is 0 Å². The topological polar surface area (TPSA) is 91.0 Å². The molecule has 1 N–H and O–H groups in total. The minimum atomic E-state index is -0.549. The third kappa shape index (κ3) is 5.24. The molecule has 178 valence electrons. The summed E-state index contributed by atoms with van der Waals surface area (Å²) < 4.78 is 1.74. The molecule has 0 saturated heterocycles. The van der Waals surface area contributed by atoms with Crippen molar-refractivity contribution in [2.45, 2.75) is 6.92 Å². The molecular formula is C29H25N5O2. The lowest BCUT2D eigenvalue weighted by Gasteiger charge is -2.11. The number of hydrogen-bond acceptors (Lipinski definition) is 4. The Morgan fingerprint density at radius 3 is 2.28 bits per heavy atom. The van der Waals surface area contributed by atoms with E-state index in [1.54, 1.807) is 49.1 Å². The minimum absolute atomic E-state index is 0.0640. The second-order valence-corrected chi connectivity index (χ2v) is 8.43. The van der Waals surface area contributed by atoms with Crippen LogP contribution in [0, 0.1) is 18.3 Å². The van der Waals surface area contributed by atoms with Gasteiger partial charge in [0.1, 0.15) is 17.3 Å². The molecule has 0 atom stereocenters. The van der Waals surface area contributed by atoms with Crippen molar-refractivity contribution in [3.8, 4) is 23.0 Å². The van der Waals surface area contributed by atoms with Crippen molar-refractivity contribution in [2.24, 2.45) is 0 Å². The lowest BCUT2D eigenvalue weighted by atomic mass is 10.0. The lowest BCUT2D eigenvalue weighted by molar-refractivity contribution is -0.112. The number of nitrogens with zero attached hydrogens (tertiary/aromatic N) is 4. The van der Waals surface area contributed by atoms with Crippen LogP contribution in [0.2, 0.25) is 0 Å². The fourth-order valence-electron chi connectivity index (χ4n) is 3.71. The largest absolute Gasteiger partial charge is 0.345 e. The van der Waals surface area contributed by atoms with Gasteiger partial charge >= 0.3 is 0 Å². The summed E-state index contributed by atoms with van der Waals surface area (Å²) in [5.41, 5.74) is 5.04. The number of para-hydroxylation sites is 1. The highest BCUT2D eigenvalue weighted by Crippen LogP contribution is 2.28. The number of aromatic nitrogens is 2. The molecule has 0 aliphatic rings. The monoisotopic (exact) mass is 475 g/mol. The number of hydrogen-bond donors (Lipinski definition) is 1. The van der Waals surface area contributed by atoms with E-state index in [2.05, 4.69) is 5.32 Å². The van der Waals surface area contributed by atoms with Gasteiger partial charge in [0.05, 0.1) is 5.69 Å². The third-order valence-corrected chi connectivity index (χ3v) is 5.62. The third-order valence-electron chi connectivity index (χ3n) is 5.62. The maximum atomic E-state index is 13.0. The van der Waals surface area contributed by atoms with Crippen LogP contribution in [0.3, 0.4) is 0 Å².